The Morgan fingerprint density at radius 2 is 2.05 bits per heavy atom. The Morgan fingerprint density at radius 1 is 1.36 bits per heavy atom. The number of halogens is 2. The second kappa shape index (κ2) is 7.83. The summed E-state index contributed by atoms with van der Waals surface area (Å²) >= 11 is 12.0. The molecule has 0 fully saturated rings. The van der Waals surface area contributed by atoms with Gasteiger partial charge in [-0.25, -0.2) is 4.98 Å². The van der Waals surface area contributed by atoms with E-state index in [0.717, 1.165) is 5.82 Å². The van der Waals surface area contributed by atoms with E-state index < -0.39 is 6.10 Å². The third kappa shape index (κ3) is 4.61. The van der Waals surface area contributed by atoms with Gasteiger partial charge < -0.3 is 14.4 Å². The number of imidazole rings is 1. The van der Waals surface area contributed by atoms with E-state index in [-0.39, 0.29) is 6.61 Å². The Kier molecular flexibility index (Phi) is 6.08. The van der Waals surface area contributed by atoms with Gasteiger partial charge in [-0.05, 0) is 19.2 Å². The molecule has 2 rings (SSSR count). The monoisotopic (exact) mass is 343 g/mol. The maximum atomic E-state index is 10.1. The van der Waals surface area contributed by atoms with Crippen molar-refractivity contribution in [3.05, 3.63) is 46.5 Å². The van der Waals surface area contributed by atoms with Gasteiger partial charge in [0.15, 0.2) is 5.75 Å². The standard InChI is InChI=1S/C15H19Cl2N3O2/c1-19(9-14-18-6-7-20(14)2)8-11(21)10-22-15-12(16)4-3-5-13(15)17/h3-7,11,21H,8-10H2,1-2H3. The lowest BCUT2D eigenvalue weighted by Crippen LogP contribution is -2.33. The van der Waals surface area contributed by atoms with Gasteiger partial charge >= 0.3 is 0 Å². The molecule has 2 aromatic rings. The van der Waals surface area contributed by atoms with Crippen molar-refractivity contribution in [1.82, 2.24) is 14.5 Å². The zero-order chi connectivity index (χ0) is 16.1. The van der Waals surface area contributed by atoms with E-state index in [4.69, 9.17) is 27.9 Å². The second-order valence-electron chi connectivity index (χ2n) is 5.17. The first kappa shape index (κ1) is 17.1. The molecule has 1 unspecified atom stereocenters. The number of hydrogen-bond acceptors (Lipinski definition) is 4. The van der Waals surface area contributed by atoms with Crippen LogP contribution >= 0.6 is 23.2 Å². The van der Waals surface area contributed by atoms with E-state index in [2.05, 4.69) is 4.98 Å². The summed E-state index contributed by atoms with van der Waals surface area (Å²) in [5.74, 6) is 1.33. The summed E-state index contributed by atoms with van der Waals surface area (Å²) in [6, 6.07) is 5.14. The van der Waals surface area contributed by atoms with Crippen LogP contribution in [0.5, 0.6) is 5.75 Å². The summed E-state index contributed by atoms with van der Waals surface area (Å²) in [5, 5.41) is 10.9. The Hall–Kier alpha value is -1.27. The van der Waals surface area contributed by atoms with Gasteiger partial charge in [-0.15, -0.1) is 0 Å². The quantitative estimate of drug-likeness (QED) is 0.839. The highest BCUT2D eigenvalue weighted by Crippen LogP contribution is 2.32. The number of ether oxygens (including phenoxy) is 1. The van der Waals surface area contributed by atoms with E-state index in [0.29, 0.717) is 28.9 Å². The highest BCUT2D eigenvalue weighted by Gasteiger charge is 2.13. The minimum absolute atomic E-state index is 0.119. The fourth-order valence-electron chi connectivity index (χ4n) is 2.07. The molecule has 0 aliphatic carbocycles. The topological polar surface area (TPSA) is 50.5 Å². The molecule has 7 heteroatoms. The summed E-state index contributed by atoms with van der Waals surface area (Å²) in [4.78, 5) is 6.23. The predicted octanol–water partition coefficient (Wildman–Crippen LogP) is 2.60. The first-order valence-corrected chi connectivity index (χ1v) is 7.62. The van der Waals surface area contributed by atoms with Crippen molar-refractivity contribution in [1.29, 1.82) is 0 Å². The van der Waals surface area contributed by atoms with Crippen LogP contribution in [0.1, 0.15) is 5.82 Å². The highest BCUT2D eigenvalue weighted by atomic mass is 35.5. The number of aliphatic hydroxyl groups excluding tert-OH is 1. The minimum atomic E-state index is -0.655. The van der Waals surface area contributed by atoms with Crippen molar-refractivity contribution in [2.45, 2.75) is 12.6 Å². The predicted molar refractivity (Wildman–Crippen MR) is 87.5 cm³/mol. The lowest BCUT2D eigenvalue weighted by Gasteiger charge is -2.21. The number of rotatable bonds is 7. The molecule has 120 valence electrons. The molecule has 0 bridgehead atoms. The molecule has 1 aromatic carbocycles. The van der Waals surface area contributed by atoms with Crippen LogP contribution in [0.4, 0.5) is 0 Å². The number of nitrogens with zero attached hydrogens (tertiary/aromatic N) is 3. The number of benzene rings is 1. The van der Waals surface area contributed by atoms with Gasteiger partial charge in [-0.2, -0.15) is 0 Å². The fourth-order valence-corrected chi connectivity index (χ4v) is 2.57. The molecular weight excluding hydrogens is 325 g/mol. The molecule has 0 radical (unpaired) electrons. The van der Waals surface area contributed by atoms with E-state index in [1.165, 1.54) is 0 Å². The summed E-state index contributed by atoms with van der Waals surface area (Å²) in [6.07, 6.45) is 2.99. The molecule has 0 spiro atoms. The third-order valence-electron chi connectivity index (χ3n) is 3.19. The summed E-state index contributed by atoms with van der Waals surface area (Å²) < 4.78 is 7.48. The molecule has 0 saturated carbocycles. The van der Waals surface area contributed by atoms with Gasteiger partial charge in [0.2, 0.25) is 0 Å². The molecule has 1 heterocycles. The lowest BCUT2D eigenvalue weighted by atomic mass is 10.3. The smallest absolute Gasteiger partial charge is 0.156 e. The van der Waals surface area contributed by atoms with Crippen LogP contribution in [0.25, 0.3) is 0 Å². The maximum Gasteiger partial charge on any atom is 0.156 e. The molecule has 0 saturated heterocycles. The van der Waals surface area contributed by atoms with Crippen molar-refractivity contribution in [2.24, 2.45) is 7.05 Å². The highest BCUT2D eigenvalue weighted by molar-refractivity contribution is 6.37. The number of aryl methyl sites for hydroxylation is 1. The molecule has 0 aliphatic heterocycles. The maximum absolute atomic E-state index is 10.1. The third-order valence-corrected chi connectivity index (χ3v) is 3.79. The zero-order valence-electron chi connectivity index (χ0n) is 12.5. The van der Waals surface area contributed by atoms with Crippen LogP contribution in [0.15, 0.2) is 30.6 Å². The molecular formula is C15H19Cl2N3O2. The van der Waals surface area contributed by atoms with Crippen molar-refractivity contribution >= 4 is 23.2 Å². The summed E-state index contributed by atoms with van der Waals surface area (Å²) in [7, 11) is 3.86. The zero-order valence-corrected chi connectivity index (χ0v) is 14.1. The van der Waals surface area contributed by atoms with Gasteiger partial charge in [-0.1, -0.05) is 29.3 Å². The average molecular weight is 344 g/mol. The first-order valence-electron chi connectivity index (χ1n) is 6.87. The van der Waals surface area contributed by atoms with Crippen LogP contribution in [0.2, 0.25) is 10.0 Å². The fraction of sp³-hybridized carbons (Fsp3) is 0.400. The number of aromatic nitrogens is 2. The SMILES string of the molecule is CN(Cc1nccn1C)CC(O)COc1c(Cl)cccc1Cl. The molecule has 0 aliphatic rings. The normalized spacial score (nSPS) is 12.6. The number of hydrogen-bond donors (Lipinski definition) is 1. The Balaban J connectivity index is 1.82. The Labute approximate surface area is 140 Å². The Bertz CT molecular complexity index is 598. The largest absolute Gasteiger partial charge is 0.488 e. The van der Waals surface area contributed by atoms with Crippen LogP contribution in [0, 0.1) is 0 Å². The van der Waals surface area contributed by atoms with E-state index in [1.54, 1.807) is 24.4 Å². The lowest BCUT2D eigenvalue weighted by molar-refractivity contribution is 0.0735. The van der Waals surface area contributed by atoms with Gasteiger partial charge in [0, 0.05) is 26.0 Å². The number of para-hydroxylation sites is 1. The Morgan fingerprint density at radius 3 is 2.64 bits per heavy atom. The van der Waals surface area contributed by atoms with E-state index in [1.807, 2.05) is 29.8 Å². The van der Waals surface area contributed by atoms with Gasteiger partial charge in [0.25, 0.3) is 0 Å². The summed E-state index contributed by atoms with van der Waals surface area (Å²) in [6.45, 7) is 1.22. The van der Waals surface area contributed by atoms with Crippen molar-refractivity contribution < 1.29 is 9.84 Å². The first-order chi connectivity index (χ1) is 10.5. The van der Waals surface area contributed by atoms with Gasteiger partial charge in [-0.3, -0.25) is 4.90 Å². The van der Waals surface area contributed by atoms with Crippen LogP contribution in [0.3, 0.4) is 0 Å². The minimum Gasteiger partial charge on any atom is -0.488 e. The molecule has 0 amide bonds. The van der Waals surface area contributed by atoms with Gasteiger partial charge in [0.1, 0.15) is 18.5 Å². The van der Waals surface area contributed by atoms with Crippen molar-refractivity contribution in [3.63, 3.8) is 0 Å². The van der Waals surface area contributed by atoms with Crippen LogP contribution in [-0.4, -0.2) is 45.9 Å². The number of aliphatic hydroxyl groups is 1. The molecule has 5 nitrogen and oxygen atoms in total. The molecule has 1 aromatic heterocycles. The summed E-state index contributed by atoms with van der Waals surface area (Å²) in [5.41, 5.74) is 0. The molecule has 22 heavy (non-hydrogen) atoms. The van der Waals surface area contributed by atoms with Gasteiger partial charge in [0.05, 0.1) is 16.6 Å². The van der Waals surface area contributed by atoms with E-state index >= 15 is 0 Å². The average Bonchev–Trinajstić information content (AvgIpc) is 2.83. The van der Waals surface area contributed by atoms with E-state index in [9.17, 15) is 5.11 Å². The van der Waals surface area contributed by atoms with Crippen molar-refractivity contribution in [3.8, 4) is 5.75 Å². The molecule has 1 N–H and O–H groups in total. The van der Waals surface area contributed by atoms with Crippen molar-refractivity contribution in [2.75, 3.05) is 20.2 Å². The van der Waals surface area contributed by atoms with Crippen LogP contribution < -0.4 is 4.74 Å². The second-order valence-corrected chi connectivity index (χ2v) is 5.98. The van der Waals surface area contributed by atoms with Crippen LogP contribution in [-0.2, 0) is 13.6 Å². The molecule has 1 atom stereocenters. The number of likely N-dealkylation sites (N-methyl/N-ethyl adjacent to an activating group) is 1.